The topological polar surface area (TPSA) is 12.5 Å². The Balaban J connectivity index is 3.79. The predicted molar refractivity (Wildman–Crippen MR) is 48.7 cm³/mol. The van der Waals surface area contributed by atoms with Crippen LogP contribution in [0.5, 0.6) is 0 Å². The SMILES string of the molecule is CCN(CC)CC(C)(C)[O][Pb]. The molecule has 11 heavy (non-hydrogen) atoms. The van der Waals surface area contributed by atoms with Gasteiger partial charge in [-0.15, -0.1) is 0 Å². The summed E-state index contributed by atoms with van der Waals surface area (Å²) in [6.07, 6.45) is 0. The van der Waals surface area contributed by atoms with Gasteiger partial charge in [0.25, 0.3) is 0 Å². The quantitative estimate of drug-likeness (QED) is 0.691. The molecule has 0 aliphatic heterocycles. The molecule has 0 spiro atoms. The van der Waals surface area contributed by atoms with E-state index in [9.17, 15) is 0 Å². The molecule has 0 rings (SSSR count). The molecule has 65 valence electrons. The van der Waals surface area contributed by atoms with E-state index in [1.807, 2.05) is 0 Å². The van der Waals surface area contributed by atoms with Gasteiger partial charge in [-0.2, -0.15) is 0 Å². The third-order valence-electron chi connectivity index (χ3n) is 1.78. The second-order valence-corrected chi connectivity index (χ2v) is 4.12. The standard InChI is InChI=1S/C8H18NO.Pb/c1-5-9(6-2)7-8(3,4)10;/h5-7H2,1-4H3;/q-1;+1. The van der Waals surface area contributed by atoms with E-state index in [2.05, 4.69) is 32.6 Å². The molecule has 0 aromatic rings. The molecule has 0 saturated heterocycles. The molecule has 0 atom stereocenters. The summed E-state index contributed by atoms with van der Waals surface area (Å²) >= 11 is 0.831. The van der Waals surface area contributed by atoms with Crippen LogP contribution in [0.4, 0.5) is 0 Å². The van der Waals surface area contributed by atoms with Crippen molar-refractivity contribution in [1.82, 2.24) is 4.90 Å². The molecule has 0 bridgehead atoms. The summed E-state index contributed by atoms with van der Waals surface area (Å²) in [6, 6.07) is 0. The second kappa shape index (κ2) is 5.48. The average Bonchev–Trinajstić information content (AvgIpc) is 2.00. The van der Waals surface area contributed by atoms with E-state index in [-0.39, 0.29) is 5.60 Å². The Morgan fingerprint density at radius 1 is 1.27 bits per heavy atom. The van der Waals surface area contributed by atoms with Crippen molar-refractivity contribution < 1.29 is 2.69 Å². The number of rotatable bonds is 5. The first-order chi connectivity index (χ1) is 5.05. The molecular weight excluding hydrogens is 333 g/mol. The minimum absolute atomic E-state index is 0.0538. The van der Waals surface area contributed by atoms with Crippen LogP contribution in [0.25, 0.3) is 0 Å². The summed E-state index contributed by atoms with van der Waals surface area (Å²) < 4.78 is 5.47. The van der Waals surface area contributed by atoms with Gasteiger partial charge in [0.1, 0.15) is 0 Å². The van der Waals surface area contributed by atoms with Crippen LogP contribution in [-0.2, 0) is 2.69 Å². The zero-order valence-corrected chi connectivity index (χ0v) is 11.9. The Morgan fingerprint density at radius 2 is 1.73 bits per heavy atom. The minimum atomic E-state index is 0.0538. The van der Waals surface area contributed by atoms with Crippen molar-refractivity contribution in [2.24, 2.45) is 0 Å². The van der Waals surface area contributed by atoms with Crippen LogP contribution in [-0.4, -0.2) is 56.4 Å². The van der Waals surface area contributed by atoms with Crippen molar-refractivity contribution in [1.29, 1.82) is 0 Å². The third-order valence-corrected chi connectivity index (χ3v) is 3.92. The van der Waals surface area contributed by atoms with Gasteiger partial charge in [0.2, 0.25) is 0 Å². The first kappa shape index (κ1) is 11.8. The molecule has 0 fully saturated rings. The van der Waals surface area contributed by atoms with Gasteiger partial charge in [-0.05, 0) is 0 Å². The fraction of sp³-hybridized carbons (Fsp3) is 1.00. The molecular formula is C8H18NOPb. The maximum atomic E-state index is 5.47. The van der Waals surface area contributed by atoms with Crippen molar-refractivity contribution in [2.75, 3.05) is 19.6 Å². The van der Waals surface area contributed by atoms with E-state index >= 15 is 0 Å². The van der Waals surface area contributed by atoms with Crippen LogP contribution in [0.1, 0.15) is 27.7 Å². The van der Waals surface area contributed by atoms with E-state index in [1.54, 1.807) is 0 Å². The summed E-state index contributed by atoms with van der Waals surface area (Å²) in [4.78, 5) is 2.39. The van der Waals surface area contributed by atoms with Crippen molar-refractivity contribution in [3.8, 4) is 0 Å². The van der Waals surface area contributed by atoms with Crippen LogP contribution in [0.2, 0.25) is 0 Å². The Morgan fingerprint density at radius 3 is 2.00 bits per heavy atom. The molecule has 0 aromatic carbocycles. The van der Waals surface area contributed by atoms with E-state index in [0.717, 1.165) is 45.9 Å². The molecule has 0 amide bonds. The molecule has 0 heterocycles. The fourth-order valence-electron chi connectivity index (χ4n) is 1.02. The van der Waals surface area contributed by atoms with E-state index in [1.165, 1.54) is 0 Å². The Kier molecular flexibility index (Phi) is 5.90. The Bertz CT molecular complexity index is 102. The van der Waals surface area contributed by atoms with Crippen molar-refractivity contribution in [3.05, 3.63) is 0 Å². The number of hydrogen-bond acceptors (Lipinski definition) is 2. The summed E-state index contributed by atoms with van der Waals surface area (Å²) in [6.45, 7) is 12.0. The van der Waals surface area contributed by atoms with Gasteiger partial charge in [-0.1, -0.05) is 0 Å². The van der Waals surface area contributed by atoms with Gasteiger partial charge < -0.3 is 0 Å². The van der Waals surface area contributed by atoms with Gasteiger partial charge in [0, 0.05) is 0 Å². The van der Waals surface area contributed by atoms with Crippen LogP contribution in [0, 0.1) is 0 Å². The Hall–Kier alpha value is 0.842. The summed E-state index contributed by atoms with van der Waals surface area (Å²) in [5.41, 5.74) is 0.0538. The molecule has 0 saturated carbocycles. The first-order valence-electron chi connectivity index (χ1n) is 4.12. The molecule has 0 aromatic heterocycles. The number of likely N-dealkylation sites (N-methyl/N-ethyl adjacent to an activating group) is 1. The zero-order chi connectivity index (χ0) is 8.91. The van der Waals surface area contributed by atoms with Crippen LogP contribution >= 0.6 is 0 Å². The molecule has 0 aliphatic carbocycles. The maximum absolute atomic E-state index is 5.47. The van der Waals surface area contributed by atoms with Gasteiger partial charge in [-0.25, -0.2) is 0 Å². The zero-order valence-electron chi connectivity index (χ0n) is 7.98. The normalized spacial score (nSPS) is 12.5. The number of nitrogens with zero attached hydrogens (tertiary/aromatic N) is 1. The average molecular weight is 351 g/mol. The monoisotopic (exact) mass is 352 g/mol. The number of hydrogen-bond donors (Lipinski definition) is 0. The van der Waals surface area contributed by atoms with Crippen LogP contribution < -0.4 is 0 Å². The molecule has 3 radical (unpaired) electrons. The molecule has 0 N–H and O–H groups in total. The second-order valence-electron chi connectivity index (χ2n) is 3.32. The molecule has 3 heteroatoms. The van der Waals surface area contributed by atoms with Crippen LogP contribution in [0.3, 0.4) is 0 Å². The predicted octanol–water partition coefficient (Wildman–Crippen LogP) is 1.21. The summed E-state index contributed by atoms with van der Waals surface area (Å²) in [5, 5.41) is 0. The molecule has 0 aliphatic rings. The van der Waals surface area contributed by atoms with E-state index in [4.69, 9.17) is 2.69 Å². The van der Waals surface area contributed by atoms with Gasteiger partial charge >= 0.3 is 86.7 Å². The molecule has 2 nitrogen and oxygen atoms in total. The molecule has 0 unspecified atom stereocenters. The van der Waals surface area contributed by atoms with Gasteiger partial charge in [0.15, 0.2) is 0 Å². The first-order valence-corrected chi connectivity index (χ1v) is 5.71. The van der Waals surface area contributed by atoms with Gasteiger partial charge in [-0.3, -0.25) is 0 Å². The van der Waals surface area contributed by atoms with Crippen LogP contribution in [0.15, 0.2) is 0 Å². The fourth-order valence-corrected chi connectivity index (χ4v) is 1.27. The van der Waals surface area contributed by atoms with Crippen molar-refractivity contribution >= 4 is 26.2 Å². The van der Waals surface area contributed by atoms with E-state index < -0.39 is 0 Å². The van der Waals surface area contributed by atoms with E-state index in [0.29, 0.717) is 0 Å². The Labute approximate surface area is 86.6 Å². The van der Waals surface area contributed by atoms with Crippen molar-refractivity contribution in [2.45, 2.75) is 33.3 Å². The summed E-state index contributed by atoms with van der Waals surface area (Å²) in [5.74, 6) is 0. The third kappa shape index (κ3) is 5.14. The van der Waals surface area contributed by atoms with Crippen molar-refractivity contribution in [3.63, 3.8) is 0 Å². The van der Waals surface area contributed by atoms with Gasteiger partial charge in [0.05, 0.1) is 0 Å². The summed E-state index contributed by atoms with van der Waals surface area (Å²) in [7, 11) is 0.